The molecule has 7 nitrogen and oxygen atoms in total. The molecular weight excluding hydrogens is 568 g/mol. The molecular formula is C36H60N4O3S. The molecule has 4 rings (SSSR count). The summed E-state index contributed by atoms with van der Waals surface area (Å²) in [5.41, 5.74) is 6.17. The van der Waals surface area contributed by atoms with Crippen molar-refractivity contribution in [3.8, 4) is 10.4 Å². The van der Waals surface area contributed by atoms with E-state index in [0.717, 1.165) is 18.1 Å². The van der Waals surface area contributed by atoms with Crippen molar-refractivity contribution in [3.63, 3.8) is 0 Å². The minimum atomic E-state index is -0.552. The second-order valence-electron chi connectivity index (χ2n) is 13.8. The van der Waals surface area contributed by atoms with E-state index in [2.05, 4.69) is 68.1 Å². The van der Waals surface area contributed by atoms with E-state index in [4.69, 9.17) is 0 Å². The Morgan fingerprint density at radius 3 is 2.34 bits per heavy atom. The lowest BCUT2D eigenvalue weighted by Crippen LogP contribution is -2.41. The van der Waals surface area contributed by atoms with E-state index in [1.807, 2.05) is 39.5 Å². The summed E-state index contributed by atoms with van der Waals surface area (Å²) in [6, 6.07) is 6.91. The van der Waals surface area contributed by atoms with E-state index in [0.29, 0.717) is 19.0 Å². The number of hydrogen-bond donors (Lipinski definition) is 2. The quantitative estimate of drug-likeness (QED) is 0.280. The number of piperidine rings is 1. The molecule has 2 fully saturated rings. The smallest absolute Gasteiger partial charge is 0.226 e. The predicted molar refractivity (Wildman–Crippen MR) is 185 cm³/mol. The standard InChI is InChI=1S/C21H31N3S.C11H19NO3.C4H10/c1-16(22-2)20-8-7-19(21-14-23-15-25-21)13-18(20)6-4-5-17-9-11-24(3)12-10-17;1-7(2)8(3)11(15)12-5-10(14)4-9(12)6-13;1-4(2)3/h7-8,13-17,22H,4-6,9-12H2,1-3H3;6-10,14H,4-5H2,1-3H3;4H,1-3H3. The number of rotatable bonds is 10. The number of β-amino-alcohol motifs (C(OH)–C–C–N with tert-alkyl or cyclic N) is 1. The van der Waals surface area contributed by atoms with Gasteiger partial charge < -0.3 is 25.0 Å². The number of carbonyl (C=O) groups excluding carboxylic acids is 2. The molecule has 4 atom stereocenters. The molecule has 1 aromatic heterocycles. The van der Waals surface area contributed by atoms with Crippen molar-refractivity contribution in [2.45, 2.75) is 105 Å². The van der Waals surface area contributed by atoms with Crippen molar-refractivity contribution < 1.29 is 14.7 Å². The van der Waals surface area contributed by atoms with E-state index < -0.39 is 12.1 Å². The molecule has 2 saturated heterocycles. The summed E-state index contributed by atoms with van der Waals surface area (Å²) in [7, 11) is 4.29. The number of aliphatic hydroxyl groups is 1. The number of aliphatic hydroxyl groups excluding tert-OH is 1. The first-order valence-corrected chi connectivity index (χ1v) is 17.6. The average Bonchev–Trinajstić information content (AvgIpc) is 3.67. The van der Waals surface area contributed by atoms with Crippen LogP contribution in [0.1, 0.15) is 97.7 Å². The highest BCUT2D eigenvalue weighted by Gasteiger charge is 2.36. The van der Waals surface area contributed by atoms with Gasteiger partial charge in [0.1, 0.15) is 6.29 Å². The molecule has 0 spiro atoms. The van der Waals surface area contributed by atoms with Gasteiger partial charge in [0.05, 0.1) is 22.5 Å². The summed E-state index contributed by atoms with van der Waals surface area (Å²) < 4.78 is 0. The number of carbonyl (C=O) groups is 2. The normalized spacial score (nSPS) is 20.5. The van der Waals surface area contributed by atoms with Crippen molar-refractivity contribution in [3.05, 3.63) is 41.0 Å². The molecule has 1 amide bonds. The average molecular weight is 629 g/mol. The Kier molecular flexibility index (Phi) is 16.8. The van der Waals surface area contributed by atoms with E-state index >= 15 is 0 Å². The van der Waals surface area contributed by atoms with Crippen LogP contribution in [0.2, 0.25) is 0 Å². The van der Waals surface area contributed by atoms with Gasteiger partial charge in [-0.05, 0) is 100 Å². The van der Waals surface area contributed by atoms with Crippen LogP contribution in [0.5, 0.6) is 0 Å². The molecule has 0 radical (unpaired) electrons. The zero-order valence-corrected chi connectivity index (χ0v) is 29.7. The molecule has 4 unspecified atom stereocenters. The van der Waals surface area contributed by atoms with Gasteiger partial charge in [0, 0.05) is 31.1 Å². The van der Waals surface area contributed by atoms with Crippen molar-refractivity contribution >= 4 is 23.5 Å². The van der Waals surface area contributed by atoms with Crippen molar-refractivity contribution in [2.75, 3.05) is 33.7 Å². The summed E-state index contributed by atoms with van der Waals surface area (Å²) in [5, 5.41) is 12.8. The van der Waals surface area contributed by atoms with Gasteiger partial charge in [-0.25, -0.2) is 0 Å². The molecule has 8 heteroatoms. The molecule has 248 valence electrons. The van der Waals surface area contributed by atoms with E-state index in [1.165, 1.54) is 71.7 Å². The number of likely N-dealkylation sites (tertiary alicyclic amines) is 2. The predicted octanol–water partition coefficient (Wildman–Crippen LogP) is 6.86. The Hall–Kier alpha value is -2.13. The van der Waals surface area contributed by atoms with E-state index in [9.17, 15) is 14.7 Å². The van der Waals surface area contributed by atoms with Crippen LogP contribution < -0.4 is 5.32 Å². The monoisotopic (exact) mass is 628 g/mol. The van der Waals surface area contributed by atoms with E-state index in [1.54, 1.807) is 11.3 Å². The number of aryl methyl sites for hydroxylation is 1. The topological polar surface area (TPSA) is 85.8 Å². The summed E-state index contributed by atoms with van der Waals surface area (Å²) in [4.78, 5) is 32.2. The van der Waals surface area contributed by atoms with Crippen LogP contribution in [0.15, 0.2) is 29.9 Å². The Morgan fingerprint density at radius 1 is 1.14 bits per heavy atom. The Morgan fingerprint density at radius 2 is 1.80 bits per heavy atom. The minimum absolute atomic E-state index is 0.0290. The highest BCUT2D eigenvalue weighted by molar-refractivity contribution is 7.13. The van der Waals surface area contributed by atoms with Crippen LogP contribution >= 0.6 is 11.3 Å². The zero-order chi connectivity index (χ0) is 32.8. The summed E-state index contributed by atoms with van der Waals surface area (Å²) >= 11 is 1.72. The fourth-order valence-electron chi connectivity index (χ4n) is 5.62. The van der Waals surface area contributed by atoms with Gasteiger partial charge in [-0.2, -0.15) is 0 Å². The summed E-state index contributed by atoms with van der Waals surface area (Å²) in [6.07, 6.45) is 9.14. The first-order valence-electron chi connectivity index (χ1n) is 16.7. The maximum absolute atomic E-state index is 12.0. The van der Waals surface area contributed by atoms with Crippen LogP contribution in [0.25, 0.3) is 10.4 Å². The second-order valence-corrected chi connectivity index (χ2v) is 14.7. The lowest BCUT2D eigenvalue weighted by atomic mass is 9.89. The zero-order valence-electron chi connectivity index (χ0n) is 28.9. The SMILES string of the molecule is CC(C)C.CC(C)C(C)C(=O)N1CC(O)CC1C=O.CNC(C)c1ccc(-c2cncs2)cc1CCCC1CCN(C)CC1. The number of aldehydes is 1. The van der Waals surface area contributed by atoms with Gasteiger partial charge in [0.2, 0.25) is 5.91 Å². The molecule has 3 heterocycles. The van der Waals surface area contributed by atoms with Crippen LogP contribution in [-0.2, 0) is 16.0 Å². The third kappa shape index (κ3) is 12.3. The molecule has 2 aliphatic heterocycles. The molecule has 0 bridgehead atoms. The third-order valence-corrected chi connectivity index (χ3v) is 9.63. The fraction of sp³-hybridized carbons (Fsp3) is 0.694. The first-order chi connectivity index (χ1) is 20.9. The van der Waals surface area contributed by atoms with Gasteiger partial charge in [-0.3, -0.25) is 9.78 Å². The first kappa shape index (κ1) is 38.1. The molecule has 0 saturated carbocycles. The minimum Gasteiger partial charge on any atom is -0.391 e. The molecule has 2 N–H and O–H groups in total. The molecule has 1 aromatic carbocycles. The van der Waals surface area contributed by atoms with Crippen LogP contribution in [0, 0.1) is 23.7 Å². The van der Waals surface area contributed by atoms with E-state index in [-0.39, 0.29) is 17.7 Å². The number of amides is 1. The number of thiazole rings is 1. The highest BCUT2D eigenvalue weighted by Crippen LogP contribution is 2.30. The van der Waals surface area contributed by atoms with Crippen molar-refractivity contribution in [1.29, 1.82) is 0 Å². The molecule has 0 aliphatic carbocycles. The highest BCUT2D eigenvalue weighted by atomic mass is 32.1. The van der Waals surface area contributed by atoms with Gasteiger partial charge in [-0.15, -0.1) is 11.3 Å². The lowest BCUT2D eigenvalue weighted by molar-refractivity contribution is -0.139. The lowest BCUT2D eigenvalue weighted by Gasteiger charge is -2.29. The van der Waals surface area contributed by atoms with Crippen LogP contribution in [0.4, 0.5) is 0 Å². The fourth-order valence-corrected chi connectivity index (χ4v) is 6.24. The van der Waals surface area contributed by atoms with Crippen LogP contribution in [0.3, 0.4) is 0 Å². The number of benzene rings is 1. The van der Waals surface area contributed by atoms with Gasteiger partial charge in [-0.1, -0.05) is 60.1 Å². The maximum atomic E-state index is 12.0. The third-order valence-electron chi connectivity index (χ3n) is 8.81. The Balaban J connectivity index is 0.000000302. The molecule has 44 heavy (non-hydrogen) atoms. The number of nitrogens with zero attached hydrogens (tertiary/aromatic N) is 3. The summed E-state index contributed by atoms with van der Waals surface area (Å²) in [5.74, 6) is 1.88. The van der Waals surface area contributed by atoms with Crippen molar-refractivity contribution in [1.82, 2.24) is 20.1 Å². The molecule has 2 aromatic rings. The Bertz CT molecular complexity index is 1100. The number of aromatic nitrogens is 1. The van der Waals surface area contributed by atoms with Crippen LogP contribution in [-0.4, -0.2) is 78.0 Å². The van der Waals surface area contributed by atoms with Gasteiger partial charge >= 0.3 is 0 Å². The van der Waals surface area contributed by atoms with Crippen molar-refractivity contribution in [2.24, 2.45) is 23.7 Å². The number of hydrogen-bond acceptors (Lipinski definition) is 7. The largest absolute Gasteiger partial charge is 0.391 e. The summed E-state index contributed by atoms with van der Waals surface area (Å²) in [6.45, 7) is 17.4. The number of nitrogens with one attached hydrogen (secondary N) is 1. The maximum Gasteiger partial charge on any atom is 0.226 e. The Labute approximate surface area is 271 Å². The van der Waals surface area contributed by atoms with Gasteiger partial charge in [0.15, 0.2) is 0 Å². The molecule has 2 aliphatic rings. The van der Waals surface area contributed by atoms with Gasteiger partial charge in [0.25, 0.3) is 0 Å². The second kappa shape index (κ2) is 19.4.